The van der Waals surface area contributed by atoms with Crippen LogP contribution in [0.3, 0.4) is 0 Å². The van der Waals surface area contributed by atoms with Crippen molar-refractivity contribution in [2.45, 2.75) is 33.2 Å². The molecule has 5 nitrogen and oxygen atoms in total. The van der Waals surface area contributed by atoms with Gasteiger partial charge < -0.3 is 9.88 Å². The molecule has 0 radical (unpaired) electrons. The van der Waals surface area contributed by atoms with Crippen molar-refractivity contribution in [3.05, 3.63) is 35.0 Å². The monoisotopic (exact) mass is 279 g/mol. The normalized spacial score (nSPS) is 10.7. The summed E-state index contributed by atoms with van der Waals surface area (Å²) in [6.45, 7) is 5.83. The third kappa shape index (κ3) is 3.67. The van der Waals surface area contributed by atoms with Crippen LogP contribution in [-0.2, 0) is 6.54 Å². The van der Waals surface area contributed by atoms with Gasteiger partial charge in [-0.05, 0) is 37.8 Å². The maximum Gasteiger partial charge on any atom is 0.155 e. The Labute approximate surface area is 118 Å². The molecule has 0 aromatic carbocycles. The molecule has 0 bridgehead atoms. The Morgan fingerprint density at radius 3 is 2.79 bits per heavy atom. The third-order valence-corrected chi connectivity index (χ3v) is 3.52. The molecule has 19 heavy (non-hydrogen) atoms. The Balaban J connectivity index is 1.75. The average Bonchev–Trinajstić information content (AvgIpc) is 2.91. The predicted octanol–water partition coefficient (Wildman–Crippen LogP) is 2.84. The SMILES string of the molecule is Cc1c(Cl)nnc(NCCCCn2ccnc2)c1C. The lowest BCUT2D eigenvalue weighted by Crippen LogP contribution is -2.08. The van der Waals surface area contributed by atoms with Crippen molar-refractivity contribution in [1.29, 1.82) is 0 Å². The van der Waals surface area contributed by atoms with E-state index in [1.165, 1.54) is 0 Å². The van der Waals surface area contributed by atoms with Crippen LogP contribution in [0.1, 0.15) is 24.0 Å². The first-order chi connectivity index (χ1) is 9.18. The number of imidazole rings is 1. The Bertz CT molecular complexity index is 524. The van der Waals surface area contributed by atoms with E-state index < -0.39 is 0 Å². The highest BCUT2D eigenvalue weighted by Crippen LogP contribution is 2.20. The van der Waals surface area contributed by atoms with E-state index in [-0.39, 0.29) is 0 Å². The molecule has 0 spiro atoms. The van der Waals surface area contributed by atoms with Crippen molar-refractivity contribution in [2.75, 3.05) is 11.9 Å². The highest BCUT2D eigenvalue weighted by molar-refractivity contribution is 6.30. The summed E-state index contributed by atoms with van der Waals surface area (Å²) in [5.41, 5.74) is 2.05. The Morgan fingerprint density at radius 1 is 1.21 bits per heavy atom. The number of anilines is 1. The van der Waals surface area contributed by atoms with Crippen LogP contribution in [0.4, 0.5) is 5.82 Å². The second kappa shape index (κ2) is 6.52. The standard InChI is InChI=1S/C13H18ClN5/c1-10-11(2)13(18-17-12(10)14)16-5-3-4-7-19-8-6-15-9-19/h6,8-9H,3-5,7H2,1-2H3,(H,16,18). The minimum Gasteiger partial charge on any atom is -0.368 e. The number of nitrogens with one attached hydrogen (secondary N) is 1. The van der Waals surface area contributed by atoms with Gasteiger partial charge in [0, 0.05) is 25.5 Å². The minimum absolute atomic E-state index is 0.475. The second-order valence-electron chi connectivity index (χ2n) is 4.52. The first-order valence-corrected chi connectivity index (χ1v) is 6.75. The summed E-state index contributed by atoms with van der Waals surface area (Å²) in [5, 5.41) is 11.8. The fraction of sp³-hybridized carbons (Fsp3) is 0.462. The third-order valence-electron chi connectivity index (χ3n) is 3.16. The smallest absolute Gasteiger partial charge is 0.155 e. The number of unbranched alkanes of at least 4 members (excludes halogenated alkanes) is 1. The van der Waals surface area contributed by atoms with Gasteiger partial charge in [0.2, 0.25) is 0 Å². The fourth-order valence-electron chi connectivity index (χ4n) is 1.79. The van der Waals surface area contributed by atoms with Gasteiger partial charge in [0.25, 0.3) is 0 Å². The predicted molar refractivity (Wildman–Crippen MR) is 76.5 cm³/mol. The number of hydrogen-bond donors (Lipinski definition) is 1. The molecule has 0 fully saturated rings. The number of aryl methyl sites for hydroxylation is 1. The van der Waals surface area contributed by atoms with Gasteiger partial charge in [-0.25, -0.2) is 4.98 Å². The topological polar surface area (TPSA) is 55.6 Å². The van der Waals surface area contributed by atoms with Crippen molar-refractivity contribution in [1.82, 2.24) is 19.7 Å². The molecule has 2 aromatic rings. The number of aromatic nitrogens is 4. The van der Waals surface area contributed by atoms with Gasteiger partial charge >= 0.3 is 0 Å². The molecule has 2 aromatic heterocycles. The fourth-order valence-corrected chi connectivity index (χ4v) is 1.97. The first-order valence-electron chi connectivity index (χ1n) is 6.37. The van der Waals surface area contributed by atoms with Gasteiger partial charge in [0.1, 0.15) is 0 Å². The number of hydrogen-bond acceptors (Lipinski definition) is 4. The molecule has 0 saturated carbocycles. The minimum atomic E-state index is 0.475. The van der Waals surface area contributed by atoms with Crippen LogP contribution in [0.25, 0.3) is 0 Å². The maximum absolute atomic E-state index is 5.92. The van der Waals surface area contributed by atoms with Gasteiger partial charge in [-0.2, -0.15) is 0 Å². The highest BCUT2D eigenvalue weighted by atomic mass is 35.5. The van der Waals surface area contributed by atoms with E-state index >= 15 is 0 Å². The van der Waals surface area contributed by atoms with Gasteiger partial charge in [0.05, 0.1) is 6.33 Å². The molecule has 1 N–H and O–H groups in total. The lowest BCUT2D eigenvalue weighted by molar-refractivity contribution is 0.620. The highest BCUT2D eigenvalue weighted by Gasteiger charge is 2.06. The van der Waals surface area contributed by atoms with Crippen LogP contribution in [0.15, 0.2) is 18.7 Å². The number of halogens is 1. The Hall–Kier alpha value is -1.62. The molecule has 0 aliphatic heterocycles. The zero-order chi connectivity index (χ0) is 13.7. The van der Waals surface area contributed by atoms with Crippen LogP contribution in [0.5, 0.6) is 0 Å². The maximum atomic E-state index is 5.92. The Kier molecular flexibility index (Phi) is 4.74. The lowest BCUT2D eigenvalue weighted by Gasteiger charge is -2.10. The summed E-state index contributed by atoms with van der Waals surface area (Å²) in [6, 6.07) is 0. The summed E-state index contributed by atoms with van der Waals surface area (Å²) >= 11 is 5.92. The molecular formula is C13H18ClN5. The molecular weight excluding hydrogens is 262 g/mol. The Morgan fingerprint density at radius 2 is 2.05 bits per heavy atom. The number of rotatable bonds is 6. The molecule has 0 aliphatic carbocycles. The average molecular weight is 280 g/mol. The van der Waals surface area contributed by atoms with E-state index in [4.69, 9.17) is 11.6 Å². The molecule has 102 valence electrons. The lowest BCUT2D eigenvalue weighted by atomic mass is 10.2. The van der Waals surface area contributed by atoms with Crippen molar-refractivity contribution < 1.29 is 0 Å². The van der Waals surface area contributed by atoms with Gasteiger partial charge in [-0.15, -0.1) is 10.2 Å². The molecule has 2 heterocycles. The largest absolute Gasteiger partial charge is 0.368 e. The van der Waals surface area contributed by atoms with Crippen LogP contribution in [0.2, 0.25) is 5.15 Å². The van der Waals surface area contributed by atoms with E-state index in [1.54, 1.807) is 6.20 Å². The van der Waals surface area contributed by atoms with Crippen molar-refractivity contribution in [2.24, 2.45) is 0 Å². The van der Waals surface area contributed by atoms with Gasteiger partial charge in [0.15, 0.2) is 11.0 Å². The van der Waals surface area contributed by atoms with E-state index in [0.717, 1.165) is 42.9 Å². The number of nitrogens with zero attached hydrogens (tertiary/aromatic N) is 4. The summed E-state index contributed by atoms with van der Waals surface area (Å²) in [5.74, 6) is 0.824. The molecule has 0 atom stereocenters. The zero-order valence-electron chi connectivity index (χ0n) is 11.2. The zero-order valence-corrected chi connectivity index (χ0v) is 12.0. The molecule has 0 unspecified atom stereocenters. The van der Waals surface area contributed by atoms with Crippen LogP contribution in [-0.4, -0.2) is 26.3 Å². The van der Waals surface area contributed by atoms with E-state index in [9.17, 15) is 0 Å². The van der Waals surface area contributed by atoms with Crippen LogP contribution < -0.4 is 5.32 Å². The summed E-state index contributed by atoms with van der Waals surface area (Å²) in [6.07, 6.45) is 7.79. The van der Waals surface area contributed by atoms with Crippen molar-refractivity contribution in [3.63, 3.8) is 0 Å². The first kappa shape index (κ1) is 13.8. The van der Waals surface area contributed by atoms with Crippen LogP contribution >= 0.6 is 11.6 Å². The van der Waals surface area contributed by atoms with E-state index in [1.807, 2.05) is 26.4 Å². The summed E-state index contributed by atoms with van der Waals surface area (Å²) in [7, 11) is 0. The van der Waals surface area contributed by atoms with E-state index in [2.05, 4.69) is 25.1 Å². The molecule has 0 aliphatic rings. The van der Waals surface area contributed by atoms with Gasteiger partial charge in [-0.3, -0.25) is 0 Å². The molecule has 0 saturated heterocycles. The van der Waals surface area contributed by atoms with Gasteiger partial charge in [-0.1, -0.05) is 11.6 Å². The quantitative estimate of drug-likeness (QED) is 0.826. The molecule has 6 heteroatoms. The summed E-state index contributed by atoms with van der Waals surface area (Å²) in [4.78, 5) is 4.01. The molecule has 2 rings (SSSR count). The van der Waals surface area contributed by atoms with Crippen molar-refractivity contribution in [3.8, 4) is 0 Å². The second-order valence-corrected chi connectivity index (χ2v) is 4.88. The summed E-state index contributed by atoms with van der Waals surface area (Å²) < 4.78 is 2.08. The molecule has 0 amide bonds. The van der Waals surface area contributed by atoms with Crippen molar-refractivity contribution >= 4 is 17.4 Å². The van der Waals surface area contributed by atoms with E-state index in [0.29, 0.717) is 5.15 Å². The van der Waals surface area contributed by atoms with Crippen LogP contribution in [0, 0.1) is 13.8 Å².